The molecule has 1 fully saturated rings. The van der Waals surface area contributed by atoms with E-state index in [9.17, 15) is 4.79 Å². The molecule has 0 spiro atoms. The SMILES string of the molecule is O=C1N(Cc2ccccc2)C[C@@H](c2ccccc2)[C@]1(Cc1ccccc1)[Se]c1ccccc1. The van der Waals surface area contributed by atoms with Gasteiger partial charge in [-0.25, -0.2) is 0 Å². The summed E-state index contributed by atoms with van der Waals surface area (Å²) >= 11 is -0.0207. The first kappa shape index (κ1) is 21.7. The first-order valence-corrected chi connectivity index (χ1v) is 13.1. The first-order chi connectivity index (χ1) is 16.2. The molecule has 2 atom stereocenters. The molecule has 2 nitrogen and oxygen atoms in total. The van der Waals surface area contributed by atoms with Crippen molar-refractivity contribution in [2.45, 2.75) is 23.2 Å². The Kier molecular flexibility index (Phi) is 6.44. The van der Waals surface area contributed by atoms with Crippen LogP contribution in [0, 0.1) is 0 Å². The summed E-state index contributed by atoms with van der Waals surface area (Å²) in [6.45, 7) is 1.41. The molecule has 164 valence electrons. The second-order valence-corrected chi connectivity index (χ2v) is 11.5. The number of amides is 1. The summed E-state index contributed by atoms with van der Waals surface area (Å²) in [5.41, 5.74) is 3.67. The van der Waals surface area contributed by atoms with Gasteiger partial charge in [0.15, 0.2) is 0 Å². The van der Waals surface area contributed by atoms with E-state index in [0.717, 1.165) is 13.0 Å². The van der Waals surface area contributed by atoms with E-state index in [2.05, 4.69) is 114 Å². The number of nitrogens with zero attached hydrogens (tertiary/aromatic N) is 1. The van der Waals surface area contributed by atoms with E-state index < -0.39 is 4.31 Å². The summed E-state index contributed by atoms with van der Waals surface area (Å²) in [4.78, 5) is 16.5. The summed E-state index contributed by atoms with van der Waals surface area (Å²) in [5, 5.41) is 0. The monoisotopic (exact) mass is 497 g/mol. The van der Waals surface area contributed by atoms with Gasteiger partial charge in [0.2, 0.25) is 0 Å². The molecule has 0 N–H and O–H groups in total. The number of benzene rings is 4. The minimum absolute atomic E-state index is 0.0207. The minimum atomic E-state index is -0.466. The van der Waals surface area contributed by atoms with Crippen molar-refractivity contribution < 1.29 is 4.79 Å². The topological polar surface area (TPSA) is 20.3 Å². The molecule has 4 aromatic rings. The predicted molar refractivity (Wildman–Crippen MR) is 136 cm³/mol. The Labute approximate surface area is 202 Å². The molecule has 5 rings (SSSR count). The molecule has 4 aromatic carbocycles. The van der Waals surface area contributed by atoms with Crippen LogP contribution in [0.5, 0.6) is 0 Å². The number of hydrogen-bond donors (Lipinski definition) is 0. The zero-order valence-electron chi connectivity index (χ0n) is 18.5. The third kappa shape index (κ3) is 4.66. The van der Waals surface area contributed by atoms with Crippen LogP contribution in [0.25, 0.3) is 0 Å². The third-order valence-electron chi connectivity index (χ3n) is 6.39. The quantitative estimate of drug-likeness (QED) is 0.321. The third-order valence-corrected chi connectivity index (χ3v) is 9.48. The maximum atomic E-state index is 14.4. The van der Waals surface area contributed by atoms with Crippen LogP contribution in [-0.4, -0.2) is 32.3 Å². The molecular weight excluding hydrogens is 469 g/mol. The Morgan fingerprint density at radius 3 is 1.82 bits per heavy atom. The Balaban J connectivity index is 1.60. The van der Waals surface area contributed by atoms with Gasteiger partial charge in [0.25, 0.3) is 0 Å². The standard InChI is InChI=1S/C30H27NOSe/c32-29-30(21-24-13-5-1-6-14-24,33-27-19-11-4-12-20-27)28(26-17-9-3-10-18-26)23-31(29)22-25-15-7-2-8-16-25/h1-20,28H,21-23H2/t28-,30-/m0/s1. The molecule has 0 aliphatic carbocycles. The van der Waals surface area contributed by atoms with Crippen LogP contribution in [-0.2, 0) is 17.8 Å². The van der Waals surface area contributed by atoms with E-state index in [1.807, 2.05) is 12.1 Å². The second-order valence-electron chi connectivity index (χ2n) is 8.60. The molecule has 1 amide bonds. The first-order valence-electron chi connectivity index (χ1n) is 11.4. The fourth-order valence-electron chi connectivity index (χ4n) is 4.82. The zero-order chi connectivity index (χ0) is 22.5. The van der Waals surface area contributed by atoms with Gasteiger partial charge in [-0.15, -0.1) is 0 Å². The van der Waals surface area contributed by atoms with Gasteiger partial charge in [-0.3, -0.25) is 0 Å². The number of hydrogen-bond acceptors (Lipinski definition) is 1. The number of carbonyl (C=O) groups excluding carboxylic acids is 1. The molecule has 0 bridgehead atoms. The molecule has 0 aromatic heterocycles. The van der Waals surface area contributed by atoms with Crippen LogP contribution in [0.1, 0.15) is 22.6 Å². The van der Waals surface area contributed by atoms with E-state index in [1.54, 1.807) is 0 Å². The van der Waals surface area contributed by atoms with Crippen LogP contribution in [0.4, 0.5) is 0 Å². The fraction of sp³-hybridized carbons (Fsp3) is 0.167. The summed E-state index contributed by atoms with van der Waals surface area (Å²) in [5.74, 6) is 0.434. The Bertz CT molecular complexity index is 1140. The van der Waals surface area contributed by atoms with Crippen molar-refractivity contribution >= 4 is 25.3 Å². The van der Waals surface area contributed by atoms with Gasteiger partial charge in [0.05, 0.1) is 0 Å². The molecule has 0 saturated carbocycles. The fourth-order valence-corrected chi connectivity index (χ4v) is 8.01. The van der Waals surface area contributed by atoms with E-state index in [4.69, 9.17) is 0 Å². The van der Waals surface area contributed by atoms with Crippen molar-refractivity contribution in [1.82, 2.24) is 4.90 Å². The average molecular weight is 497 g/mol. The van der Waals surface area contributed by atoms with Crippen molar-refractivity contribution in [2.75, 3.05) is 6.54 Å². The number of rotatable bonds is 7. The van der Waals surface area contributed by atoms with Gasteiger partial charge in [0.1, 0.15) is 0 Å². The van der Waals surface area contributed by atoms with Crippen molar-refractivity contribution in [3.63, 3.8) is 0 Å². The normalized spacial score (nSPS) is 20.2. The van der Waals surface area contributed by atoms with E-state index >= 15 is 0 Å². The van der Waals surface area contributed by atoms with E-state index in [1.165, 1.54) is 21.2 Å². The Morgan fingerprint density at radius 2 is 1.21 bits per heavy atom. The predicted octanol–water partition coefficient (Wildman–Crippen LogP) is 5.24. The molecule has 0 radical (unpaired) electrons. The van der Waals surface area contributed by atoms with Crippen LogP contribution in [0.2, 0.25) is 4.31 Å². The summed E-state index contributed by atoms with van der Waals surface area (Å²) in [7, 11) is 0. The van der Waals surface area contributed by atoms with Crippen LogP contribution >= 0.6 is 0 Å². The van der Waals surface area contributed by atoms with Gasteiger partial charge >= 0.3 is 203 Å². The van der Waals surface area contributed by atoms with Crippen LogP contribution < -0.4 is 4.46 Å². The van der Waals surface area contributed by atoms with Crippen LogP contribution in [0.3, 0.4) is 0 Å². The number of likely N-dealkylation sites (tertiary alicyclic amines) is 1. The summed E-state index contributed by atoms with van der Waals surface area (Å²) in [6, 6.07) is 42.2. The molecule has 1 saturated heterocycles. The molecule has 33 heavy (non-hydrogen) atoms. The maximum absolute atomic E-state index is 14.4. The zero-order valence-corrected chi connectivity index (χ0v) is 20.2. The molecule has 0 unspecified atom stereocenters. The van der Waals surface area contributed by atoms with E-state index in [-0.39, 0.29) is 26.8 Å². The van der Waals surface area contributed by atoms with E-state index in [0.29, 0.717) is 6.54 Å². The second kappa shape index (κ2) is 9.79. The summed E-state index contributed by atoms with van der Waals surface area (Å²) in [6.07, 6.45) is 0.756. The molecule has 3 heteroatoms. The summed E-state index contributed by atoms with van der Waals surface area (Å²) < 4.78 is 0.808. The molecule has 1 aliphatic heterocycles. The van der Waals surface area contributed by atoms with Gasteiger partial charge in [0, 0.05) is 0 Å². The van der Waals surface area contributed by atoms with Gasteiger partial charge < -0.3 is 0 Å². The van der Waals surface area contributed by atoms with Gasteiger partial charge in [-0.05, 0) is 0 Å². The Hall–Kier alpha value is -3.13. The molecule has 1 aliphatic rings. The molecule has 1 heterocycles. The molecular formula is C30H27NOSe. The van der Waals surface area contributed by atoms with Crippen molar-refractivity contribution in [2.24, 2.45) is 0 Å². The van der Waals surface area contributed by atoms with Crippen LogP contribution in [0.15, 0.2) is 121 Å². The number of carbonyl (C=O) groups is 1. The Morgan fingerprint density at radius 1 is 0.697 bits per heavy atom. The van der Waals surface area contributed by atoms with Crippen molar-refractivity contribution in [3.05, 3.63) is 138 Å². The average Bonchev–Trinajstić information content (AvgIpc) is 3.12. The van der Waals surface area contributed by atoms with Crippen molar-refractivity contribution in [1.29, 1.82) is 0 Å². The van der Waals surface area contributed by atoms with Gasteiger partial charge in [-0.2, -0.15) is 0 Å². The van der Waals surface area contributed by atoms with Crippen molar-refractivity contribution in [3.8, 4) is 0 Å². The van der Waals surface area contributed by atoms with Gasteiger partial charge in [-0.1, -0.05) is 0 Å².